The second-order valence-electron chi connectivity index (χ2n) is 5.28. The molecule has 0 aliphatic carbocycles. The SMILES string of the molecule is Cc1nnc(COc2ccc(Cl)cc2CNCC(C)C)o1. The predicted molar refractivity (Wildman–Crippen MR) is 81.4 cm³/mol. The van der Waals surface area contributed by atoms with Crippen molar-refractivity contribution in [2.45, 2.75) is 33.9 Å². The zero-order valence-electron chi connectivity index (χ0n) is 12.5. The molecule has 0 atom stereocenters. The van der Waals surface area contributed by atoms with Crippen molar-refractivity contribution >= 4 is 11.6 Å². The molecule has 0 aliphatic heterocycles. The molecule has 0 aliphatic rings. The second-order valence-corrected chi connectivity index (χ2v) is 5.72. The van der Waals surface area contributed by atoms with Gasteiger partial charge < -0.3 is 14.5 Å². The topological polar surface area (TPSA) is 60.2 Å². The van der Waals surface area contributed by atoms with Crippen LogP contribution in [0.3, 0.4) is 0 Å². The van der Waals surface area contributed by atoms with E-state index in [0.717, 1.165) is 17.9 Å². The lowest BCUT2D eigenvalue weighted by Crippen LogP contribution is -2.19. The lowest BCUT2D eigenvalue weighted by molar-refractivity contribution is 0.257. The molecule has 0 unspecified atom stereocenters. The van der Waals surface area contributed by atoms with E-state index < -0.39 is 0 Å². The Morgan fingerprint density at radius 1 is 1.33 bits per heavy atom. The molecule has 2 aromatic rings. The molecular formula is C15H20ClN3O2. The highest BCUT2D eigenvalue weighted by Crippen LogP contribution is 2.23. The number of halogens is 1. The minimum Gasteiger partial charge on any atom is -0.483 e. The van der Waals surface area contributed by atoms with Crippen LogP contribution in [0.15, 0.2) is 22.6 Å². The molecular weight excluding hydrogens is 290 g/mol. The average molecular weight is 310 g/mol. The number of nitrogens with one attached hydrogen (secondary N) is 1. The van der Waals surface area contributed by atoms with Crippen LogP contribution in [0.5, 0.6) is 5.75 Å². The number of ether oxygens (including phenoxy) is 1. The number of hydrogen-bond donors (Lipinski definition) is 1. The monoisotopic (exact) mass is 309 g/mol. The number of aryl methyl sites for hydroxylation is 1. The highest BCUT2D eigenvalue weighted by atomic mass is 35.5. The van der Waals surface area contributed by atoms with Crippen molar-refractivity contribution in [3.63, 3.8) is 0 Å². The Balaban J connectivity index is 2.00. The van der Waals surface area contributed by atoms with Crippen LogP contribution in [-0.4, -0.2) is 16.7 Å². The summed E-state index contributed by atoms with van der Waals surface area (Å²) in [5.41, 5.74) is 1.01. The molecule has 5 nitrogen and oxygen atoms in total. The Labute approximate surface area is 129 Å². The highest BCUT2D eigenvalue weighted by molar-refractivity contribution is 6.30. The fourth-order valence-corrected chi connectivity index (χ4v) is 2.05. The zero-order valence-corrected chi connectivity index (χ0v) is 13.3. The Morgan fingerprint density at radius 2 is 2.14 bits per heavy atom. The summed E-state index contributed by atoms with van der Waals surface area (Å²) >= 11 is 6.05. The maximum Gasteiger partial charge on any atom is 0.253 e. The lowest BCUT2D eigenvalue weighted by Gasteiger charge is -2.12. The van der Waals surface area contributed by atoms with Gasteiger partial charge in [0.25, 0.3) is 5.89 Å². The maximum absolute atomic E-state index is 6.05. The third-order valence-corrected chi connectivity index (χ3v) is 3.04. The standard InChI is InChI=1S/C15H20ClN3O2/c1-10(2)7-17-8-12-6-13(16)4-5-14(12)20-9-15-19-18-11(3)21-15/h4-6,10,17H,7-9H2,1-3H3. The minimum absolute atomic E-state index is 0.250. The first-order chi connectivity index (χ1) is 10.0. The van der Waals surface area contributed by atoms with E-state index >= 15 is 0 Å². The van der Waals surface area contributed by atoms with Crippen LogP contribution in [-0.2, 0) is 13.2 Å². The van der Waals surface area contributed by atoms with Crippen molar-refractivity contribution in [1.82, 2.24) is 15.5 Å². The van der Waals surface area contributed by atoms with Crippen molar-refractivity contribution in [1.29, 1.82) is 0 Å². The first-order valence-corrected chi connectivity index (χ1v) is 7.33. The normalized spacial score (nSPS) is 11.1. The molecule has 1 aromatic heterocycles. The molecule has 0 amide bonds. The molecule has 2 rings (SSSR count). The third-order valence-electron chi connectivity index (χ3n) is 2.81. The van der Waals surface area contributed by atoms with E-state index in [1.54, 1.807) is 6.92 Å². The fourth-order valence-electron chi connectivity index (χ4n) is 1.86. The van der Waals surface area contributed by atoms with Gasteiger partial charge in [-0.15, -0.1) is 10.2 Å². The second kappa shape index (κ2) is 7.43. The molecule has 0 spiro atoms. The molecule has 0 bridgehead atoms. The maximum atomic E-state index is 6.05. The van der Waals surface area contributed by atoms with Crippen LogP contribution in [0.25, 0.3) is 0 Å². The van der Waals surface area contributed by atoms with E-state index in [1.807, 2.05) is 18.2 Å². The largest absolute Gasteiger partial charge is 0.483 e. The molecule has 21 heavy (non-hydrogen) atoms. The highest BCUT2D eigenvalue weighted by Gasteiger charge is 2.08. The zero-order chi connectivity index (χ0) is 15.2. The first-order valence-electron chi connectivity index (χ1n) is 6.95. The summed E-state index contributed by atoms with van der Waals surface area (Å²) in [6.45, 7) is 7.98. The number of nitrogens with zero attached hydrogens (tertiary/aromatic N) is 2. The van der Waals surface area contributed by atoms with Gasteiger partial charge in [0.2, 0.25) is 5.89 Å². The molecule has 0 saturated carbocycles. The van der Waals surface area contributed by atoms with Gasteiger partial charge in [-0.05, 0) is 30.7 Å². The predicted octanol–water partition coefficient (Wildman–Crippen LogP) is 3.36. The number of hydrogen-bond acceptors (Lipinski definition) is 5. The Bertz CT molecular complexity index is 584. The van der Waals surface area contributed by atoms with E-state index in [0.29, 0.717) is 29.3 Å². The van der Waals surface area contributed by atoms with Gasteiger partial charge in [-0.1, -0.05) is 25.4 Å². The molecule has 1 heterocycles. The summed E-state index contributed by atoms with van der Waals surface area (Å²) < 4.78 is 11.0. The lowest BCUT2D eigenvalue weighted by atomic mass is 10.2. The summed E-state index contributed by atoms with van der Waals surface area (Å²) in [5, 5.41) is 11.8. The van der Waals surface area contributed by atoms with Gasteiger partial charge in [0.15, 0.2) is 6.61 Å². The fraction of sp³-hybridized carbons (Fsp3) is 0.467. The molecule has 0 fully saturated rings. The van der Waals surface area contributed by atoms with Gasteiger partial charge >= 0.3 is 0 Å². The van der Waals surface area contributed by atoms with Crippen LogP contribution < -0.4 is 10.1 Å². The van der Waals surface area contributed by atoms with Crippen molar-refractivity contribution in [3.8, 4) is 5.75 Å². The minimum atomic E-state index is 0.250. The van der Waals surface area contributed by atoms with Crippen LogP contribution in [0.1, 0.15) is 31.2 Å². The Morgan fingerprint density at radius 3 is 2.81 bits per heavy atom. The Hall–Kier alpha value is -1.59. The summed E-state index contributed by atoms with van der Waals surface area (Å²) in [6, 6.07) is 5.57. The van der Waals surface area contributed by atoms with E-state index in [4.69, 9.17) is 20.8 Å². The van der Waals surface area contributed by atoms with Crippen LogP contribution in [0.2, 0.25) is 5.02 Å². The molecule has 1 N–H and O–H groups in total. The quantitative estimate of drug-likeness (QED) is 0.850. The van der Waals surface area contributed by atoms with E-state index in [-0.39, 0.29) is 6.61 Å². The molecule has 1 aromatic carbocycles. The molecule has 0 radical (unpaired) electrons. The van der Waals surface area contributed by atoms with Crippen molar-refractivity contribution in [3.05, 3.63) is 40.6 Å². The first kappa shape index (κ1) is 15.8. The summed E-state index contributed by atoms with van der Waals surface area (Å²) in [6.07, 6.45) is 0. The van der Waals surface area contributed by atoms with Crippen molar-refractivity contribution < 1.29 is 9.15 Å². The van der Waals surface area contributed by atoms with Crippen molar-refractivity contribution in [2.24, 2.45) is 5.92 Å². The van der Waals surface area contributed by atoms with Crippen LogP contribution in [0.4, 0.5) is 0 Å². The van der Waals surface area contributed by atoms with Gasteiger partial charge in [0, 0.05) is 24.1 Å². The molecule has 0 saturated heterocycles. The van der Waals surface area contributed by atoms with Crippen molar-refractivity contribution in [2.75, 3.05) is 6.54 Å². The summed E-state index contributed by atoms with van der Waals surface area (Å²) in [7, 11) is 0. The molecule has 114 valence electrons. The smallest absolute Gasteiger partial charge is 0.253 e. The number of benzene rings is 1. The van der Waals surface area contributed by atoms with Gasteiger partial charge in [-0.3, -0.25) is 0 Å². The van der Waals surface area contributed by atoms with Crippen LogP contribution >= 0.6 is 11.6 Å². The van der Waals surface area contributed by atoms with Gasteiger partial charge in [-0.2, -0.15) is 0 Å². The average Bonchev–Trinajstić information content (AvgIpc) is 2.83. The molecule has 6 heteroatoms. The van der Waals surface area contributed by atoms with Gasteiger partial charge in [0.1, 0.15) is 5.75 Å². The van der Waals surface area contributed by atoms with E-state index in [2.05, 4.69) is 29.4 Å². The van der Waals surface area contributed by atoms with Crippen LogP contribution in [0, 0.1) is 12.8 Å². The summed E-state index contributed by atoms with van der Waals surface area (Å²) in [4.78, 5) is 0. The van der Waals surface area contributed by atoms with Gasteiger partial charge in [-0.25, -0.2) is 0 Å². The third kappa shape index (κ3) is 5.02. The van der Waals surface area contributed by atoms with E-state index in [1.165, 1.54) is 0 Å². The number of aromatic nitrogens is 2. The van der Waals surface area contributed by atoms with Gasteiger partial charge in [0.05, 0.1) is 0 Å². The summed E-state index contributed by atoms with van der Waals surface area (Å²) in [5.74, 6) is 2.36. The van der Waals surface area contributed by atoms with E-state index in [9.17, 15) is 0 Å². The number of rotatable bonds is 7. The Kier molecular flexibility index (Phi) is 5.59.